The number of phenolic OH excluding ortho intramolecular Hbond substituents is 1. The molecule has 160 valence electrons. The summed E-state index contributed by atoms with van der Waals surface area (Å²) in [6, 6.07) is 14.7. The molecule has 0 unspecified atom stereocenters. The maximum atomic E-state index is 12.1. The number of hydrogen-bond acceptors (Lipinski definition) is 7. The normalized spacial score (nSPS) is 16.6. The minimum absolute atomic E-state index is 0.0608. The van der Waals surface area contributed by atoms with Crippen molar-refractivity contribution in [1.82, 2.24) is 10.2 Å². The molecule has 1 atom stereocenters. The summed E-state index contributed by atoms with van der Waals surface area (Å²) in [7, 11) is 1.38. The van der Waals surface area contributed by atoms with Crippen LogP contribution in [-0.2, 0) is 20.8 Å². The van der Waals surface area contributed by atoms with Gasteiger partial charge in [-0.1, -0.05) is 36.4 Å². The van der Waals surface area contributed by atoms with Crippen LogP contribution in [0.1, 0.15) is 15.9 Å². The van der Waals surface area contributed by atoms with Gasteiger partial charge in [0.1, 0.15) is 5.56 Å². The third-order valence-electron chi connectivity index (χ3n) is 4.77. The van der Waals surface area contributed by atoms with Gasteiger partial charge in [0.2, 0.25) is 0 Å². The van der Waals surface area contributed by atoms with Gasteiger partial charge in [0.05, 0.1) is 19.8 Å². The van der Waals surface area contributed by atoms with Gasteiger partial charge in [-0.25, -0.2) is 4.79 Å². The minimum atomic E-state index is -0.801. The van der Waals surface area contributed by atoms with Gasteiger partial charge in [0.15, 0.2) is 18.1 Å². The van der Waals surface area contributed by atoms with Crippen LogP contribution in [0, 0.1) is 0 Å². The number of methoxy groups -OCH3 is 1. The summed E-state index contributed by atoms with van der Waals surface area (Å²) in [6.45, 7) is 2.84. The molecule has 2 N–H and O–H groups in total. The number of phenols is 1. The van der Waals surface area contributed by atoms with E-state index in [1.807, 2.05) is 18.2 Å². The van der Waals surface area contributed by atoms with Crippen molar-refractivity contribution < 1.29 is 28.9 Å². The third kappa shape index (κ3) is 5.95. The first-order chi connectivity index (χ1) is 14.6. The molecular weight excluding hydrogens is 388 g/mol. The number of hydrogen-bond donors (Lipinski definition) is 2. The number of nitrogens with zero attached hydrogens (tertiary/aromatic N) is 1. The van der Waals surface area contributed by atoms with E-state index in [0.29, 0.717) is 19.7 Å². The molecule has 1 saturated heterocycles. The summed E-state index contributed by atoms with van der Waals surface area (Å²) < 4.78 is 15.7. The lowest BCUT2D eigenvalue weighted by atomic mass is 10.2. The molecule has 2 aromatic rings. The number of morpholine rings is 1. The first kappa shape index (κ1) is 21.6. The van der Waals surface area contributed by atoms with E-state index in [2.05, 4.69) is 22.3 Å². The van der Waals surface area contributed by atoms with Crippen LogP contribution in [0.2, 0.25) is 0 Å². The van der Waals surface area contributed by atoms with Crippen LogP contribution < -0.4 is 10.1 Å². The molecule has 30 heavy (non-hydrogen) atoms. The van der Waals surface area contributed by atoms with Crippen molar-refractivity contribution in [3.63, 3.8) is 0 Å². The maximum Gasteiger partial charge on any atom is 0.342 e. The van der Waals surface area contributed by atoms with E-state index in [-0.39, 0.29) is 23.2 Å². The molecule has 0 radical (unpaired) electrons. The zero-order valence-corrected chi connectivity index (χ0v) is 16.9. The van der Waals surface area contributed by atoms with Crippen LogP contribution in [0.4, 0.5) is 0 Å². The van der Waals surface area contributed by atoms with Crippen molar-refractivity contribution in [3.05, 3.63) is 59.7 Å². The highest BCUT2D eigenvalue weighted by Gasteiger charge is 2.22. The lowest BCUT2D eigenvalue weighted by molar-refractivity contribution is -0.125. The maximum absolute atomic E-state index is 12.1. The van der Waals surface area contributed by atoms with Crippen LogP contribution in [0.5, 0.6) is 11.5 Å². The number of benzene rings is 2. The first-order valence-electron chi connectivity index (χ1n) is 9.74. The topological polar surface area (TPSA) is 97.3 Å². The lowest BCUT2D eigenvalue weighted by Crippen LogP contribution is -2.47. The number of esters is 1. The lowest BCUT2D eigenvalue weighted by Gasteiger charge is -2.33. The average molecular weight is 414 g/mol. The van der Waals surface area contributed by atoms with Crippen LogP contribution >= 0.6 is 0 Å². The Morgan fingerprint density at radius 2 is 2.00 bits per heavy atom. The SMILES string of the molecule is COc1cccc(C(=O)OCC(=O)NC[C@H]2CN(Cc3ccccc3)CCO2)c1O. The summed E-state index contributed by atoms with van der Waals surface area (Å²) in [5, 5.41) is 12.7. The molecule has 8 nitrogen and oxygen atoms in total. The standard InChI is InChI=1S/C22H26N2O6/c1-28-19-9-5-8-18(21(19)26)22(27)30-15-20(25)23-12-17-14-24(10-11-29-17)13-16-6-3-2-4-7-16/h2-9,17,26H,10-15H2,1H3,(H,23,25)/t17-/m0/s1. The number of carbonyl (C=O) groups is 2. The fourth-order valence-electron chi connectivity index (χ4n) is 3.23. The molecule has 0 spiro atoms. The molecule has 3 rings (SSSR count). The summed E-state index contributed by atoms with van der Waals surface area (Å²) in [5.41, 5.74) is 1.17. The predicted molar refractivity (Wildman–Crippen MR) is 109 cm³/mol. The van der Waals surface area contributed by atoms with Crippen LogP contribution in [0.3, 0.4) is 0 Å². The molecule has 0 bridgehead atoms. The van der Waals surface area contributed by atoms with Gasteiger partial charge >= 0.3 is 5.97 Å². The number of carbonyl (C=O) groups excluding carboxylic acids is 2. The highest BCUT2D eigenvalue weighted by molar-refractivity contribution is 5.94. The Morgan fingerprint density at radius 3 is 2.77 bits per heavy atom. The Kier molecular flexibility index (Phi) is 7.64. The van der Waals surface area contributed by atoms with E-state index >= 15 is 0 Å². The fourth-order valence-corrected chi connectivity index (χ4v) is 3.23. The number of ether oxygens (including phenoxy) is 3. The van der Waals surface area contributed by atoms with Gasteiger partial charge in [-0.2, -0.15) is 0 Å². The van der Waals surface area contributed by atoms with Crippen molar-refractivity contribution in [1.29, 1.82) is 0 Å². The quantitative estimate of drug-likeness (QED) is 0.633. The molecule has 0 saturated carbocycles. The van der Waals surface area contributed by atoms with Gasteiger partial charge in [-0.05, 0) is 17.7 Å². The molecule has 8 heteroatoms. The Morgan fingerprint density at radius 1 is 1.20 bits per heavy atom. The summed E-state index contributed by atoms with van der Waals surface area (Å²) >= 11 is 0. The van der Waals surface area contributed by atoms with Crippen molar-refractivity contribution in [2.45, 2.75) is 12.6 Å². The van der Waals surface area contributed by atoms with Crippen LogP contribution in [0.15, 0.2) is 48.5 Å². The number of para-hydroxylation sites is 1. The monoisotopic (exact) mass is 414 g/mol. The van der Waals surface area contributed by atoms with E-state index in [4.69, 9.17) is 14.2 Å². The number of aromatic hydroxyl groups is 1. The highest BCUT2D eigenvalue weighted by atomic mass is 16.5. The molecule has 1 aliphatic heterocycles. The van der Waals surface area contributed by atoms with Crippen molar-refractivity contribution in [3.8, 4) is 11.5 Å². The Labute approximate surface area is 175 Å². The van der Waals surface area contributed by atoms with Crippen LogP contribution in [0.25, 0.3) is 0 Å². The molecule has 0 aromatic heterocycles. The second-order valence-corrected chi connectivity index (χ2v) is 6.95. The molecule has 2 aromatic carbocycles. The molecule has 1 fully saturated rings. The predicted octanol–water partition coefficient (Wildman–Crippen LogP) is 1.57. The van der Waals surface area contributed by atoms with E-state index in [0.717, 1.165) is 13.1 Å². The van der Waals surface area contributed by atoms with Gasteiger partial charge in [0.25, 0.3) is 5.91 Å². The number of rotatable bonds is 8. The zero-order chi connectivity index (χ0) is 21.3. The highest BCUT2D eigenvalue weighted by Crippen LogP contribution is 2.29. The van der Waals surface area contributed by atoms with E-state index < -0.39 is 18.5 Å². The number of amides is 1. The molecule has 0 aliphatic carbocycles. The Hall–Kier alpha value is -3.10. The Bertz CT molecular complexity index is 858. The minimum Gasteiger partial charge on any atom is -0.504 e. The smallest absolute Gasteiger partial charge is 0.342 e. The van der Waals surface area contributed by atoms with Gasteiger partial charge in [-0.3, -0.25) is 9.69 Å². The summed E-state index contributed by atoms with van der Waals surface area (Å²) in [6.07, 6.45) is -0.135. The van der Waals surface area contributed by atoms with E-state index in [1.165, 1.54) is 24.8 Å². The largest absolute Gasteiger partial charge is 0.504 e. The van der Waals surface area contributed by atoms with Crippen molar-refractivity contribution in [2.24, 2.45) is 0 Å². The van der Waals surface area contributed by atoms with Gasteiger partial charge < -0.3 is 24.6 Å². The number of nitrogens with one attached hydrogen (secondary N) is 1. The van der Waals surface area contributed by atoms with Crippen LogP contribution in [-0.4, -0.2) is 67.9 Å². The first-order valence-corrected chi connectivity index (χ1v) is 9.74. The van der Waals surface area contributed by atoms with Gasteiger partial charge in [-0.15, -0.1) is 0 Å². The summed E-state index contributed by atoms with van der Waals surface area (Å²) in [5.74, 6) is -1.40. The third-order valence-corrected chi connectivity index (χ3v) is 4.77. The Balaban J connectivity index is 1.41. The fraction of sp³-hybridized carbons (Fsp3) is 0.364. The molecular formula is C22H26N2O6. The zero-order valence-electron chi connectivity index (χ0n) is 16.9. The van der Waals surface area contributed by atoms with E-state index in [1.54, 1.807) is 6.07 Å². The molecule has 1 amide bonds. The molecule has 1 aliphatic rings. The van der Waals surface area contributed by atoms with Crippen molar-refractivity contribution >= 4 is 11.9 Å². The average Bonchev–Trinajstić information content (AvgIpc) is 2.77. The molecule has 1 heterocycles. The van der Waals surface area contributed by atoms with Crippen molar-refractivity contribution in [2.75, 3.05) is 40.0 Å². The van der Waals surface area contributed by atoms with E-state index in [9.17, 15) is 14.7 Å². The summed E-state index contributed by atoms with van der Waals surface area (Å²) in [4.78, 5) is 26.4. The van der Waals surface area contributed by atoms with Gasteiger partial charge in [0, 0.05) is 26.2 Å². The second-order valence-electron chi connectivity index (χ2n) is 6.95. The second kappa shape index (κ2) is 10.6.